The third-order valence-corrected chi connectivity index (χ3v) is 5.56. The summed E-state index contributed by atoms with van der Waals surface area (Å²) < 4.78 is 16.1. The summed E-state index contributed by atoms with van der Waals surface area (Å²) in [5.74, 6) is -0.544. The predicted octanol–water partition coefficient (Wildman–Crippen LogP) is 5.18. The number of methoxy groups -OCH3 is 2. The number of esters is 1. The zero-order chi connectivity index (χ0) is 24.0. The number of hydrogen-bond acceptors (Lipinski definition) is 5. The van der Waals surface area contributed by atoms with Gasteiger partial charge in [-0.1, -0.05) is 48.5 Å². The molecule has 1 unspecified atom stereocenters. The third-order valence-electron chi connectivity index (χ3n) is 5.56. The highest BCUT2D eigenvalue weighted by atomic mass is 16.6. The topological polar surface area (TPSA) is 65.1 Å². The Bertz CT molecular complexity index is 1010. The molecule has 1 atom stereocenters. The van der Waals surface area contributed by atoms with Crippen LogP contribution >= 0.6 is 0 Å². The summed E-state index contributed by atoms with van der Waals surface area (Å²) in [6.07, 6.45) is 0.213. The van der Waals surface area contributed by atoms with E-state index in [9.17, 15) is 9.59 Å². The Kier molecular flexibility index (Phi) is 7.92. The second-order valence-corrected chi connectivity index (χ2v) is 9.17. The Morgan fingerprint density at radius 1 is 0.970 bits per heavy atom. The molecule has 0 fully saturated rings. The standard InChI is InChI=1S/C27H33NO5/c1-27(2,3)33-26(30)28-17-22(14-15-31-4)24(23(18-28)25(29)32-5)21-13-9-12-20(16-21)19-10-7-6-8-11-19/h6-13,16,22H,14-15,17-18H2,1-5H3. The first-order chi connectivity index (χ1) is 15.7. The molecule has 0 aromatic heterocycles. The highest BCUT2D eigenvalue weighted by Gasteiger charge is 2.36. The number of amides is 1. The summed E-state index contributed by atoms with van der Waals surface area (Å²) in [6.45, 7) is 6.56. The van der Waals surface area contributed by atoms with E-state index < -0.39 is 17.7 Å². The van der Waals surface area contributed by atoms with Crippen molar-refractivity contribution < 1.29 is 23.8 Å². The van der Waals surface area contributed by atoms with E-state index >= 15 is 0 Å². The van der Waals surface area contributed by atoms with Crippen molar-refractivity contribution in [2.45, 2.75) is 32.8 Å². The van der Waals surface area contributed by atoms with Gasteiger partial charge in [-0.25, -0.2) is 9.59 Å². The zero-order valence-corrected chi connectivity index (χ0v) is 20.1. The van der Waals surface area contributed by atoms with Crippen molar-refractivity contribution in [2.75, 3.05) is 33.9 Å². The molecule has 1 aliphatic heterocycles. The van der Waals surface area contributed by atoms with Gasteiger partial charge in [0.2, 0.25) is 0 Å². The molecule has 3 rings (SSSR count). The largest absolute Gasteiger partial charge is 0.466 e. The smallest absolute Gasteiger partial charge is 0.410 e. The lowest BCUT2D eigenvalue weighted by atomic mass is 9.82. The van der Waals surface area contributed by atoms with Crippen LogP contribution in [0.15, 0.2) is 60.2 Å². The fourth-order valence-electron chi connectivity index (χ4n) is 4.11. The van der Waals surface area contributed by atoms with E-state index in [2.05, 4.69) is 24.3 Å². The lowest BCUT2D eigenvalue weighted by molar-refractivity contribution is -0.136. The lowest BCUT2D eigenvalue weighted by Crippen LogP contribution is -2.45. The van der Waals surface area contributed by atoms with Gasteiger partial charge in [0.05, 0.1) is 19.2 Å². The maximum Gasteiger partial charge on any atom is 0.410 e. The van der Waals surface area contributed by atoms with E-state index in [0.29, 0.717) is 25.1 Å². The Morgan fingerprint density at radius 2 is 1.64 bits per heavy atom. The molecule has 0 saturated carbocycles. The number of ether oxygens (including phenoxy) is 3. The summed E-state index contributed by atoms with van der Waals surface area (Å²) in [7, 11) is 3.01. The number of rotatable bonds is 6. The highest BCUT2D eigenvalue weighted by molar-refractivity contribution is 6.00. The van der Waals surface area contributed by atoms with Crippen LogP contribution in [-0.4, -0.2) is 56.5 Å². The molecule has 33 heavy (non-hydrogen) atoms. The van der Waals surface area contributed by atoms with Crippen molar-refractivity contribution in [3.8, 4) is 11.1 Å². The van der Waals surface area contributed by atoms with Gasteiger partial charge in [-0.2, -0.15) is 0 Å². The van der Waals surface area contributed by atoms with Crippen LogP contribution in [0.4, 0.5) is 4.79 Å². The van der Waals surface area contributed by atoms with Crippen molar-refractivity contribution in [3.05, 3.63) is 65.7 Å². The van der Waals surface area contributed by atoms with Crippen LogP contribution < -0.4 is 0 Å². The van der Waals surface area contributed by atoms with Crippen LogP contribution in [-0.2, 0) is 19.0 Å². The van der Waals surface area contributed by atoms with Crippen molar-refractivity contribution in [2.24, 2.45) is 5.92 Å². The summed E-state index contributed by atoms with van der Waals surface area (Å²) in [6, 6.07) is 18.3. The third kappa shape index (κ3) is 6.23. The van der Waals surface area contributed by atoms with Gasteiger partial charge >= 0.3 is 12.1 Å². The first-order valence-corrected chi connectivity index (χ1v) is 11.2. The molecule has 6 nitrogen and oxygen atoms in total. The molecular formula is C27H33NO5. The van der Waals surface area contributed by atoms with Crippen LogP contribution in [0.25, 0.3) is 16.7 Å². The number of carbonyl (C=O) groups excluding carboxylic acids is 2. The van der Waals surface area contributed by atoms with Crippen LogP contribution in [0.5, 0.6) is 0 Å². The summed E-state index contributed by atoms with van der Waals surface area (Å²) in [4.78, 5) is 27.3. The molecule has 6 heteroatoms. The van der Waals surface area contributed by atoms with E-state index in [-0.39, 0.29) is 12.5 Å². The quantitative estimate of drug-likeness (QED) is 0.566. The van der Waals surface area contributed by atoms with Crippen LogP contribution in [0.2, 0.25) is 0 Å². The molecule has 0 saturated heterocycles. The fraction of sp³-hybridized carbons (Fsp3) is 0.407. The number of benzene rings is 2. The van der Waals surface area contributed by atoms with Crippen molar-refractivity contribution in [1.29, 1.82) is 0 Å². The molecule has 0 spiro atoms. The van der Waals surface area contributed by atoms with E-state index in [0.717, 1.165) is 22.3 Å². The molecule has 2 aromatic rings. The fourth-order valence-corrected chi connectivity index (χ4v) is 4.11. The van der Waals surface area contributed by atoms with Gasteiger partial charge < -0.3 is 19.1 Å². The van der Waals surface area contributed by atoms with E-state index in [1.54, 1.807) is 12.0 Å². The van der Waals surface area contributed by atoms with Gasteiger partial charge in [-0.05, 0) is 55.5 Å². The van der Waals surface area contributed by atoms with Crippen LogP contribution in [0, 0.1) is 5.92 Å². The van der Waals surface area contributed by atoms with E-state index in [1.807, 2.05) is 51.1 Å². The summed E-state index contributed by atoms with van der Waals surface area (Å²) in [5, 5.41) is 0. The highest BCUT2D eigenvalue weighted by Crippen LogP contribution is 2.37. The summed E-state index contributed by atoms with van der Waals surface area (Å²) >= 11 is 0. The van der Waals surface area contributed by atoms with E-state index in [1.165, 1.54) is 7.11 Å². The van der Waals surface area contributed by atoms with Crippen molar-refractivity contribution in [3.63, 3.8) is 0 Å². The van der Waals surface area contributed by atoms with Crippen molar-refractivity contribution >= 4 is 17.6 Å². The molecule has 1 aliphatic rings. The van der Waals surface area contributed by atoms with Crippen LogP contribution in [0.3, 0.4) is 0 Å². The molecule has 2 aromatic carbocycles. The average molecular weight is 452 g/mol. The van der Waals surface area contributed by atoms with Gasteiger partial charge in [-0.3, -0.25) is 0 Å². The average Bonchev–Trinajstić information content (AvgIpc) is 2.81. The molecule has 176 valence electrons. The first kappa shape index (κ1) is 24.5. The predicted molar refractivity (Wildman–Crippen MR) is 129 cm³/mol. The van der Waals surface area contributed by atoms with Gasteiger partial charge in [0.25, 0.3) is 0 Å². The number of nitrogens with zero attached hydrogens (tertiary/aromatic N) is 1. The Balaban J connectivity index is 2.07. The normalized spacial score (nSPS) is 16.5. The monoisotopic (exact) mass is 451 g/mol. The van der Waals surface area contributed by atoms with Gasteiger partial charge in [-0.15, -0.1) is 0 Å². The molecule has 0 bridgehead atoms. The maximum atomic E-state index is 12.9. The minimum atomic E-state index is -0.626. The minimum Gasteiger partial charge on any atom is -0.466 e. The molecule has 0 radical (unpaired) electrons. The van der Waals surface area contributed by atoms with Crippen LogP contribution in [0.1, 0.15) is 32.8 Å². The second kappa shape index (κ2) is 10.7. The number of carbonyl (C=O) groups is 2. The van der Waals surface area contributed by atoms with Gasteiger partial charge in [0.1, 0.15) is 5.60 Å². The minimum absolute atomic E-state index is 0.105. The lowest BCUT2D eigenvalue weighted by Gasteiger charge is -2.37. The first-order valence-electron chi connectivity index (χ1n) is 11.2. The molecule has 0 N–H and O–H groups in total. The summed E-state index contributed by atoms with van der Waals surface area (Å²) in [5.41, 5.74) is 3.85. The Hall–Kier alpha value is -3.12. The van der Waals surface area contributed by atoms with E-state index in [4.69, 9.17) is 14.2 Å². The molecular weight excluding hydrogens is 418 g/mol. The number of hydrogen-bond donors (Lipinski definition) is 0. The zero-order valence-electron chi connectivity index (χ0n) is 20.1. The van der Waals surface area contributed by atoms with Crippen molar-refractivity contribution in [1.82, 2.24) is 4.90 Å². The Morgan fingerprint density at radius 3 is 2.27 bits per heavy atom. The Labute approximate surface area is 196 Å². The molecule has 1 heterocycles. The molecule has 1 amide bonds. The maximum absolute atomic E-state index is 12.9. The van der Waals surface area contributed by atoms with Gasteiger partial charge in [0.15, 0.2) is 0 Å². The molecule has 0 aliphatic carbocycles. The SMILES string of the molecule is COCCC1CN(C(=O)OC(C)(C)C)CC(C(=O)OC)=C1c1cccc(-c2ccccc2)c1. The second-order valence-electron chi connectivity index (χ2n) is 9.17. The van der Waals surface area contributed by atoms with Gasteiger partial charge in [0, 0.05) is 26.2 Å².